The van der Waals surface area contributed by atoms with Gasteiger partial charge in [0.25, 0.3) is 11.8 Å². The molecule has 2 aromatic carbocycles. The van der Waals surface area contributed by atoms with Crippen LogP contribution in [-0.4, -0.2) is 51.2 Å². The molecule has 0 N–H and O–H groups in total. The number of imide groups is 1. The van der Waals surface area contributed by atoms with Crippen LogP contribution in [-0.2, 0) is 16.0 Å². The standard InChI is InChI=1S/C30H34N2O6/c1-6-7-8-15-38-26-12-10-22(18-28(26)37-5)16-23-20(2)24(19-31)30(34)32(29(23)33)14-13-21-9-11-25(35-3)27(17-21)36-4/h9-12,16-18H,6-8,13-15H2,1-5H3/b23-16+. The average molecular weight is 519 g/mol. The van der Waals surface area contributed by atoms with Gasteiger partial charge in [-0.1, -0.05) is 31.9 Å². The van der Waals surface area contributed by atoms with E-state index < -0.39 is 11.8 Å². The number of hydrogen-bond donors (Lipinski definition) is 0. The van der Waals surface area contributed by atoms with Gasteiger partial charge in [0.2, 0.25) is 0 Å². The van der Waals surface area contributed by atoms with Crippen LogP contribution in [0.1, 0.15) is 44.2 Å². The summed E-state index contributed by atoms with van der Waals surface area (Å²) in [6.45, 7) is 4.45. The number of rotatable bonds is 12. The fourth-order valence-corrected chi connectivity index (χ4v) is 4.20. The molecular formula is C30H34N2O6. The van der Waals surface area contributed by atoms with Crippen molar-refractivity contribution in [1.29, 1.82) is 5.26 Å². The molecule has 3 rings (SSSR count). The summed E-state index contributed by atoms with van der Waals surface area (Å²) < 4.78 is 22.0. The van der Waals surface area contributed by atoms with Gasteiger partial charge in [-0.25, -0.2) is 0 Å². The van der Waals surface area contributed by atoms with Crippen LogP contribution in [0.25, 0.3) is 6.08 Å². The highest BCUT2D eigenvalue weighted by molar-refractivity contribution is 6.19. The van der Waals surface area contributed by atoms with Gasteiger partial charge in [-0.3, -0.25) is 14.5 Å². The number of nitriles is 1. The molecule has 2 amide bonds. The Morgan fingerprint density at radius 3 is 2.24 bits per heavy atom. The van der Waals surface area contributed by atoms with Crippen LogP contribution >= 0.6 is 0 Å². The first-order chi connectivity index (χ1) is 18.4. The zero-order valence-corrected chi connectivity index (χ0v) is 22.6. The molecule has 0 saturated carbocycles. The SMILES string of the molecule is CCCCCOc1ccc(/C=C2/C(=O)N(CCc3ccc(OC)c(OC)c3)C(=O)C(C#N)=C2C)cc1OC. The second kappa shape index (κ2) is 13.3. The van der Waals surface area contributed by atoms with Gasteiger partial charge in [0.15, 0.2) is 23.0 Å². The van der Waals surface area contributed by atoms with Crippen molar-refractivity contribution in [3.05, 3.63) is 64.2 Å². The summed E-state index contributed by atoms with van der Waals surface area (Å²) in [6, 6.07) is 12.8. The van der Waals surface area contributed by atoms with Crippen molar-refractivity contribution < 1.29 is 28.5 Å². The molecule has 0 saturated heterocycles. The van der Waals surface area contributed by atoms with E-state index in [1.54, 1.807) is 58.6 Å². The predicted molar refractivity (Wildman–Crippen MR) is 144 cm³/mol. The van der Waals surface area contributed by atoms with E-state index in [0.717, 1.165) is 29.7 Å². The monoisotopic (exact) mass is 518 g/mol. The van der Waals surface area contributed by atoms with E-state index in [1.165, 1.54) is 0 Å². The minimum Gasteiger partial charge on any atom is -0.493 e. The fourth-order valence-electron chi connectivity index (χ4n) is 4.20. The zero-order chi connectivity index (χ0) is 27.7. The molecule has 8 nitrogen and oxygen atoms in total. The number of ether oxygens (including phenoxy) is 4. The van der Waals surface area contributed by atoms with Gasteiger partial charge in [-0.2, -0.15) is 5.26 Å². The van der Waals surface area contributed by atoms with E-state index in [0.29, 0.717) is 47.2 Å². The molecule has 0 aromatic heterocycles. The van der Waals surface area contributed by atoms with Gasteiger partial charge in [0, 0.05) is 12.1 Å². The third kappa shape index (κ3) is 6.35. The molecule has 0 fully saturated rings. The first-order valence-electron chi connectivity index (χ1n) is 12.6. The lowest BCUT2D eigenvalue weighted by atomic mass is 9.93. The Morgan fingerprint density at radius 2 is 1.58 bits per heavy atom. The van der Waals surface area contributed by atoms with Crippen molar-refractivity contribution in [3.63, 3.8) is 0 Å². The van der Waals surface area contributed by atoms with Gasteiger partial charge in [-0.15, -0.1) is 0 Å². The summed E-state index contributed by atoms with van der Waals surface area (Å²) in [6.07, 6.45) is 5.21. The van der Waals surface area contributed by atoms with Crippen molar-refractivity contribution in [2.75, 3.05) is 34.5 Å². The van der Waals surface area contributed by atoms with Gasteiger partial charge in [-0.05, 0) is 66.8 Å². The van der Waals surface area contributed by atoms with E-state index in [2.05, 4.69) is 6.92 Å². The fraction of sp³-hybridized carbons (Fsp3) is 0.367. The number of carbonyl (C=O) groups excluding carboxylic acids is 2. The number of nitrogens with zero attached hydrogens (tertiary/aromatic N) is 2. The quantitative estimate of drug-likeness (QED) is 0.219. The van der Waals surface area contributed by atoms with Gasteiger partial charge in [0.1, 0.15) is 11.6 Å². The van der Waals surface area contributed by atoms with Gasteiger partial charge >= 0.3 is 0 Å². The molecule has 38 heavy (non-hydrogen) atoms. The lowest BCUT2D eigenvalue weighted by Gasteiger charge is -2.27. The molecule has 1 heterocycles. The van der Waals surface area contributed by atoms with Crippen LogP contribution in [0, 0.1) is 11.3 Å². The number of hydrogen-bond acceptors (Lipinski definition) is 7. The largest absolute Gasteiger partial charge is 0.493 e. The highest BCUT2D eigenvalue weighted by Gasteiger charge is 2.35. The van der Waals surface area contributed by atoms with E-state index in [-0.39, 0.29) is 17.7 Å². The topological polar surface area (TPSA) is 98.1 Å². The third-order valence-corrected chi connectivity index (χ3v) is 6.40. The normalized spacial score (nSPS) is 14.5. The Labute approximate surface area is 224 Å². The number of benzene rings is 2. The number of carbonyl (C=O) groups is 2. The van der Waals surface area contributed by atoms with Crippen LogP contribution in [0.15, 0.2) is 53.1 Å². The predicted octanol–water partition coefficient (Wildman–Crippen LogP) is 5.12. The minimum atomic E-state index is -0.596. The molecule has 200 valence electrons. The van der Waals surface area contributed by atoms with Crippen molar-refractivity contribution >= 4 is 17.9 Å². The molecule has 1 aliphatic heterocycles. The second-order valence-electron chi connectivity index (χ2n) is 8.84. The first kappa shape index (κ1) is 28.3. The van der Waals surface area contributed by atoms with E-state index in [4.69, 9.17) is 18.9 Å². The van der Waals surface area contributed by atoms with Crippen LogP contribution in [0.4, 0.5) is 0 Å². The molecule has 2 aromatic rings. The molecule has 1 aliphatic rings. The van der Waals surface area contributed by atoms with E-state index in [9.17, 15) is 14.9 Å². The summed E-state index contributed by atoms with van der Waals surface area (Å²) in [5.74, 6) is 1.26. The third-order valence-electron chi connectivity index (χ3n) is 6.40. The molecule has 8 heteroatoms. The van der Waals surface area contributed by atoms with Crippen molar-refractivity contribution in [3.8, 4) is 29.1 Å². The first-order valence-corrected chi connectivity index (χ1v) is 12.6. The molecular weight excluding hydrogens is 484 g/mol. The summed E-state index contributed by atoms with van der Waals surface area (Å²) in [4.78, 5) is 27.6. The van der Waals surface area contributed by atoms with Crippen LogP contribution < -0.4 is 18.9 Å². The molecule has 0 atom stereocenters. The van der Waals surface area contributed by atoms with Gasteiger partial charge < -0.3 is 18.9 Å². The number of unbranched alkanes of at least 4 members (excludes halogenated alkanes) is 2. The van der Waals surface area contributed by atoms with E-state index >= 15 is 0 Å². The Kier molecular flexibility index (Phi) is 9.94. The summed E-state index contributed by atoms with van der Waals surface area (Å²) >= 11 is 0. The molecule has 0 unspecified atom stereocenters. The Morgan fingerprint density at radius 1 is 0.895 bits per heavy atom. The zero-order valence-electron chi connectivity index (χ0n) is 22.6. The maximum Gasteiger partial charge on any atom is 0.271 e. The number of methoxy groups -OCH3 is 3. The summed E-state index contributed by atoms with van der Waals surface area (Å²) in [5.41, 5.74) is 2.14. The van der Waals surface area contributed by atoms with Crippen LogP contribution in [0.2, 0.25) is 0 Å². The lowest BCUT2D eigenvalue weighted by molar-refractivity contribution is -0.140. The lowest BCUT2D eigenvalue weighted by Crippen LogP contribution is -2.43. The smallest absolute Gasteiger partial charge is 0.271 e. The Bertz CT molecular complexity index is 1290. The summed E-state index contributed by atoms with van der Waals surface area (Å²) in [5, 5.41) is 9.71. The van der Waals surface area contributed by atoms with Crippen LogP contribution in [0.5, 0.6) is 23.0 Å². The Balaban J connectivity index is 1.87. The highest BCUT2D eigenvalue weighted by atomic mass is 16.5. The Hall–Kier alpha value is -4.25. The number of amides is 2. The maximum atomic E-state index is 13.5. The molecule has 0 aliphatic carbocycles. The summed E-state index contributed by atoms with van der Waals surface area (Å²) in [7, 11) is 4.66. The maximum absolute atomic E-state index is 13.5. The molecule has 0 spiro atoms. The van der Waals surface area contributed by atoms with E-state index in [1.807, 2.05) is 18.2 Å². The molecule has 0 bridgehead atoms. The minimum absolute atomic E-state index is 0.0500. The average Bonchev–Trinajstić information content (AvgIpc) is 2.93. The second-order valence-corrected chi connectivity index (χ2v) is 8.84. The van der Waals surface area contributed by atoms with Gasteiger partial charge in [0.05, 0.1) is 27.9 Å². The van der Waals surface area contributed by atoms with Crippen LogP contribution in [0.3, 0.4) is 0 Å². The van der Waals surface area contributed by atoms with Crippen molar-refractivity contribution in [2.45, 2.75) is 39.5 Å². The molecule has 0 radical (unpaired) electrons. The highest BCUT2D eigenvalue weighted by Crippen LogP contribution is 2.32. The van der Waals surface area contributed by atoms with Crippen molar-refractivity contribution in [2.24, 2.45) is 0 Å². The van der Waals surface area contributed by atoms with Crippen molar-refractivity contribution in [1.82, 2.24) is 4.90 Å².